The third-order valence-electron chi connectivity index (χ3n) is 1.87. The first kappa shape index (κ1) is 11.0. The van der Waals surface area contributed by atoms with Crippen LogP contribution in [0, 0.1) is 17.1 Å². The average Bonchev–Trinajstić information content (AvgIpc) is 2.81. The molecule has 80 valence electrons. The molecule has 6 heteroatoms. The van der Waals surface area contributed by atoms with Crippen molar-refractivity contribution in [1.82, 2.24) is 9.36 Å². The Balaban J connectivity index is 2.12. The Morgan fingerprint density at radius 2 is 2.38 bits per heavy atom. The maximum atomic E-state index is 13.4. The van der Waals surface area contributed by atoms with Gasteiger partial charge in [0.1, 0.15) is 12.1 Å². The van der Waals surface area contributed by atoms with Crippen LogP contribution < -0.4 is 0 Å². The minimum atomic E-state index is -0.295. The number of nitriles is 1. The molecule has 0 aliphatic rings. The van der Waals surface area contributed by atoms with E-state index in [2.05, 4.69) is 9.36 Å². The maximum Gasteiger partial charge on any atom is 0.170 e. The second-order valence-corrected chi connectivity index (χ2v) is 4.92. The Kier molecular flexibility index (Phi) is 3.49. The van der Waals surface area contributed by atoms with Gasteiger partial charge < -0.3 is 0 Å². The minimum absolute atomic E-state index is 0.295. The summed E-state index contributed by atoms with van der Waals surface area (Å²) >= 11 is 2.68. The highest BCUT2D eigenvalue weighted by atomic mass is 32.2. The summed E-state index contributed by atoms with van der Waals surface area (Å²) in [6.07, 6.45) is 1.47. The van der Waals surface area contributed by atoms with Crippen LogP contribution in [0.4, 0.5) is 4.39 Å². The molecule has 2 aromatic rings. The monoisotopic (exact) mass is 251 g/mol. The lowest BCUT2D eigenvalue weighted by Gasteiger charge is -2.01. The number of hydrogen-bond acceptors (Lipinski definition) is 5. The van der Waals surface area contributed by atoms with Gasteiger partial charge in [-0.25, -0.2) is 9.37 Å². The molecule has 0 amide bonds. The van der Waals surface area contributed by atoms with Gasteiger partial charge in [0.2, 0.25) is 0 Å². The highest BCUT2D eigenvalue weighted by molar-refractivity contribution is 8.00. The molecule has 0 aliphatic heterocycles. The van der Waals surface area contributed by atoms with Gasteiger partial charge in [-0.05, 0) is 35.3 Å². The highest BCUT2D eigenvalue weighted by Gasteiger charge is 2.05. The number of thioether (sulfide) groups is 1. The van der Waals surface area contributed by atoms with Crippen molar-refractivity contribution in [2.75, 3.05) is 0 Å². The van der Waals surface area contributed by atoms with E-state index in [-0.39, 0.29) is 5.82 Å². The number of nitrogens with zero attached hydrogens (tertiary/aromatic N) is 3. The molecule has 16 heavy (non-hydrogen) atoms. The van der Waals surface area contributed by atoms with E-state index < -0.39 is 0 Å². The lowest BCUT2D eigenvalue weighted by Crippen LogP contribution is -1.89. The van der Waals surface area contributed by atoms with Gasteiger partial charge in [-0.2, -0.15) is 9.64 Å². The van der Waals surface area contributed by atoms with Crippen molar-refractivity contribution in [1.29, 1.82) is 5.26 Å². The molecule has 0 aliphatic carbocycles. The predicted octanol–water partition coefficient (Wildman–Crippen LogP) is 2.84. The van der Waals surface area contributed by atoms with Crippen molar-refractivity contribution in [2.24, 2.45) is 0 Å². The van der Waals surface area contributed by atoms with E-state index in [1.165, 1.54) is 41.8 Å². The molecule has 0 radical (unpaired) electrons. The fourth-order valence-corrected chi connectivity index (χ4v) is 2.54. The van der Waals surface area contributed by atoms with E-state index in [1.54, 1.807) is 6.07 Å². The number of rotatable bonds is 3. The molecule has 0 saturated carbocycles. The summed E-state index contributed by atoms with van der Waals surface area (Å²) in [4.78, 5) is 3.99. The number of benzene rings is 1. The third-order valence-corrected chi connectivity index (χ3v) is 3.71. The number of hydrogen-bond donors (Lipinski definition) is 0. The Hall–Kier alpha value is -1.45. The maximum absolute atomic E-state index is 13.4. The predicted molar refractivity (Wildman–Crippen MR) is 60.6 cm³/mol. The van der Waals surface area contributed by atoms with Gasteiger partial charge in [0.05, 0.1) is 11.6 Å². The van der Waals surface area contributed by atoms with Crippen molar-refractivity contribution >= 4 is 23.3 Å². The summed E-state index contributed by atoms with van der Waals surface area (Å²) < 4.78 is 18.0. The Morgan fingerprint density at radius 1 is 1.50 bits per heavy atom. The number of halogens is 1. The third kappa shape index (κ3) is 2.56. The Bertz CT molecular complexity index is 519. The molecule has 0 spiro atoms. The minimum Gasteiger partial charge on any atom is -0.216 e. The fraction of sp³-hybridized carbons (Fsp3) is 0.100. The van der Waals surface area contributed by atoms with Crippen LogP contribution in [0.1, 0.15) is 11.1 Å². The van der Waals surface area contributed by atoms with Crippen molar-refractivity contribution < 1.29 is 4.39 Å². The zero-order chi connectivity index (χ0) is 11.4. The van der Waals surface area contributed by atoms with E-state index in [1.807, 2.05) is 6.07 Å². The quantitative estimate of drug-likeness (QED) is 0.787. The van der Waals surface area contributed by atoms with Crippen LogP contribution in [0.3, 0.4) is 0 Å². The molecule has 0 fully saturated rings. The molecule has 0 N–H and O–H groups in total. The van der Waals surface area contributed by atoms with Crippen LogP contribution in [0.25, 0.3) is 0 Å². The lowest BCUT2D eigenvalue weighted by molar-refractivity contribution is 0.617. The highest BCUT2D eigenvalue weighted by Crippen LogP contribution is 2.24. The van der Waals surface area contributed by atoms with E-state index >= 15 is 0 Å². The van der Waals surface area contributed by atoms with Crippen molar-refractivity contribution in [3.05, 3.63) is 41.5 Å². The van der Waals surface area contributed by atoms with Gasteiger partial charge in [0.15, 0.2) is 4.34 Å². The summed E-state index contributed by atoms with van der Waals surface area (Å²) in [7, 11) is 0. The SMILES string of the molecule is N#Cc1ccc(F)c(CSc2ncns2)c1. The molecular formula is C10H6FN3S2. The largest absolute Gasteiger partial charge is 0.216 e. The second kappa shape index (κ2) is 5.05. The summed E-state index contributed by atoms with van der Waals surface area (Å²) in [5.74, 6) is 0.160. The van der Waals surface area contributed by atoms with E-state index in [0.29, 0.717) is 16.9 Å². The molecule has 0 unspecified atom stereocenters. The van der Waals surface area contributed by atoms with Crippen LogP contribution >= 0.6 is 23.3 Å². The summed E-state index contributed by atoms with van der Waals surface area (Å²) in [5.41, 5.74) is 0.980. The van der Waals surface area contributed by atoms with Gasteiger partial charge in [0, 0.05) is 5.75 Å². The van der Waals surface area contributed by atoms with Crippen LogP contribution in [0.5, 0.6) is 0 Å². The van der Waals surface area contributed by atoms with Crippen LogP contribution in [-0.4, -0.2) is 9.36 Å². The first-order chi connectivity index (χ1) is 7.79. The van der Waals surface area contributed by atoms with E-state index in [9.17, 15) is 4.39 Å². The molecule has 1 aromatic carbocycles. The van der Waals surface area contributed by atoms with E-state index in [4.69, 9.17) is 5.26 Å². The molecule has 0 atom stereocenters. The second-order valence-electron chi connectivity index (χ2n) is 2.91. The summed E-state index contributed by atoms with van der Waals surface area (Å²) in [6.45, 7) is 0. The topological polar surface area (TPSA) is 49.6 Å². The molecule has 0 bridgehead atoms. The molecule has 0 saturated heterocycles. The normalized spacial score (nSPS) is 10.0. The zero-order valence-electron chi connectivity index (χ0n) is 8.05. The first-order valence-electron chi connectivity index (χ1n) is 4.37. The molecular weight excluding hydrogens is 245 g/mol. The smallest absolute Gasteiger partial charge is 0.170 e. The van der Waals surface area contributed by atoms with Crippen molar-refractivity contribution in [3.8, 4) is 6.07 Å². The van der Waals surface area contributed by atoms with Crippen molar-refractivity contribution in [3.63, 3.8) is 0 Å². The summed E-state index contributed by atoms with van der Waals surface area (Å²) in [5, 5.41) is 8.71. The molecule has 3 nitrogen and oxygen atoms in total. The fourth-order valence-electron chi connectivity index (χ4n) is 1.12. The van der Waals surface area contributed by atoms with Crippen LogP contribution in [-0.2, 0) is 5.75 Å². The average molecular weight is 251 g/mol. The van der Waals surface area contributed by atoms with Gasteiger partial charge >= 0.3 is 0 Å². The van der Waals surface area contributed by atoms with Gasteiger partial charge in [0.25, 0.3) is 0 Å². The summed E-state index contributed by atoms with van der Waals surface area (Å²) in [6, 6.07) is 6.33. The van der Waals surface area contributed by atoms with Gasteiger partial charge in [-0.15, -0.1) is 0 Å². The molecule has 2 rings (SSSR count). The molecule has 1 heterocycles. The van der Waals surface area contributed by atoms with Crippen LogP contribution in [0.2, 0.25) is 0 Å². The van der Waals surface area contributed by atoms with Crippen molar-refractivity contribution in [2.45, 2.75) is 10.1 Å². The number of aromatic nitrogens is 2. The lowest BCUT2D eigenvalue weighted by atomic mass is 10.1. The standard InChI is InChI=1S/C10H6FN3S2/c11-9-2-1-7(4-12)3-8(9)5-15-10-13-6-14-16-10/h1-3,6H,5H2. The van der Waals surface area contributed by atoms with Gasteiger partial charge in [-0.1, -0.05) is 11.8 Å². The Labute approximate surface area is 100 Å². The zero-order valence-corrected chi connectivity index (χ0v) is 9.69. The Morgan fingerprint density at radius 3 is 3.06 bits per heavy atom. The first-order valence-corrected chi connectivity index (χ1v) is 6.13. The molecule has 1 aromatic heterocycles. The van der Waals surface area contributed by atoms with E-state index in [0.717, 1.165) is 4.34 Å². The van der Waals surface area contributed by atoms with Gasteiger partial charge in [-0.3, -0.25) is 0 Å². The van der Waals surface area contributed by atoms with Crippen LogP contribution in [0.15, 0.2) is 28.9 Å².